The lowest BCUT2D eigenvalue weighted by Crippen LogP contribution is -2.34. The van der Waals surface area contributed by atoms with E-state index in [-0.39, 0.29) is 17.3 Å². The van der Waals surface area contributed by atoms with Crippen LogP contribution in [0.2, 0.25) is 5.02 Å². The van der Waals surface area contributed by atoms with Gasteiger partial charge in [-0.15, -0.1) is 23.1 Å². The molecule has 0 spiro atoms. The van der Waals surface area contributed by atoms with E-state index < -0.39 is 0 Å². The minimum Gasteiger partial charge on any atom is -0.325 e. The number of amides is 1. The van der Waals surface area contributed by atoms with Crippen molar-refractivity contribution in [2.75, 3.05) is 5.32 Å². The number of thioether (sulfide) groups is 1. The van der Waals surface area contributed by atoms with E-state index in [9.17, 15) is 9.59 Å². The Morgan fingerprint density at radius 3 is 2.74 bits per heavy atom. The van der Waals surface area contributed by atoms with Crippen molar-refractivity contribution in [3.63, 3.8) is 0 Å². The van der Waals surface area contributed by atoms with Gasteiger partial charge in [-0.2, -0.15) is 0 Å². The smallest absolute Gasteiger partial charge is 0.308 e. The van der Waals surface area contributed by atoms with Crippen LogP contribution in [0.25, 0.3) is 0 Å². The monoisotopic (exact) mass is 488 g/mol. The molecule has 0 saturated heterocycles. The molecule has 1 amide bonds. The molecule has 4 nitrogen and oxygen atoms in total. The lowest BCUT2D eigenvalue weighted by molar-refractivity contribution is -0.116. The fourth-order valence-electron chi connectivity index (χ4n) is 5.75. The van der Waals surface area contributed by atoms with Crippen molar-refractivity contribution in [1.29, 1.82) is 0 Å². The van der Waals surface area contributed by atoms with Crippen molar-refractivity contribution in [3.8, 4) is 0 Å². The number of fused-ring (bicyclic) bond motifs is 6. The maximum Gasteiger partial charge on any atom is 0.308 e. The Morgan fingerprint density at radius 2 is 1.97 bits per heavy atom. The molecule has 0 unspecified atom stereocenters. The van der Waals surface area contributed by atoms with Crippen molar-refractivity contribution in [3.05, 3.63) is 66.2 Å². The van der Waals surface area contributed by atoms with Gasteiger partial charge < -0.3 is 5.32 Å². The third-order valence-electron chi connectivity index (χ3n) is 6.97. The molecule has 2 bridgehead atoms. The van der Waals surface area contributed by atoms with E-state index in [4.69, 9.17) is 11.6 Å². The molecular formula is C23H21ClN2O2S3. The molecule has 2 saturated carbocycles. The van der Waals surface area contributed by atoms with Gasteiger partial charge in [0.05, 0.1) is 5.03 Å². The molecule has 31 heavy (non-hydrogen) atoms. The van der Waals surface area contributed by atoms with Crippen LogP contribution < -0.4 is 10.2 Å². The molecule has 5 atom stereocenters. The Labute approximate surface area is 197 Å². The summed E-state index contributed by atoms with van der Waals surface area (Å²) in [5.41, 5.74) is 0.684. The second-order valence-electron chi connectivity index (χ2n) is 8.66. The molecule has 6 rings (SSSR count). The highest BCUT2D eigenvalue weighted by atomic mass is 35.5. The molecule has 1 N–H and O–H groups in total. The molecule has 0 radical (unpaired) electrons. The van der Waals surface area contributed by atoms with E-state index in [0.717, 1.165) is 16.9 Å². The third-order valence-corrected chi connectivity index (χ3v) is 11.0. The first-order valence-corrected chi connectivity index (χ1v) is 13.5. The van der Waals surface area contributed by atoms with Crippen LogP contribution in [0.5, 0.6) is 0 Å². The number of thiazole rings is 1. The standard InChI is InChI=1S/C23H21ClN2O2S3/c24-14-5-7-15(8-6-14)25-17(27)11-26-22-21(31-23(26)28)19(16-2-1-9-29-16)18-12-3-4-13(10-12)20(18)30-22/h1-2,5-9,12-13,18-20H,3-4,10-11H2,(H,25,27)/t12-,13-,18-,19-,20+/m0/s1. The SMILES string of the molecule is O=C(Cn1c2c(sc1=O)[C@@H](c1cccs1)[C@@H]1[C@H]3CC[C@@H](C3)[C@H]1S2)Nc1ccc(Cl)cc1. The quantitative estimate of drug-likeness (QED) is 0.496. The number of halogens is 1. The summed E-state index contributed by atoms with van der Waals surface area (Å²) in [5.74, 6) is 2.23. The largest absolute Gasteiger partial charge is 0.325 e. The van der Waals surface area contributed by atoms with E-state index in [1.165, 1.54) is 40.4 Å². The van der Waals surface area contributed by atoms with Crippen molar-refractivity contribution in [2.45, 2.75) is 42.0 Å². The Kier molecular flexibility index (Phi) is 5.05. The number of aromatic nitrogens is 1. The summed E-state index contributed by atoms with van der Waals surface area (Å²) in [7, 11) is 0. The number of rotatable bonds is 4. The highest BCUT2D eigenvalue weighted by molar-refractivity contribution is 8.00. The van der Waals surface area contributed by atoms with E-state index in [2.05, 4.69) is 22.8 Å². The fourth-order valence-corrected chi connectivity index (χ4v) is 9.99. The summed E-state index contributed by atoms with van der Waals surface area (Å²) >= 11 is 10.9. The summed E-state index contributed by atoms with van der Waals surface area (Å²) in [6.45, 7) is 0.0446. The minimum absolute atomic E-state index is 0.0300. The second kappa shape index (κ2) is 7.80. The lowest BCUT2D eigenvalue weighted by Gasteiger charge is -2.40. The summed E-state index contributed by atoms with van der Waals surface area (Å²) < 4.78 is 1.71. The molecule has 1 aliphatic heterocycles. The van der Waals surface area contributed by atoms with Crippen molar-refractivity contribution >= 4 is 57.6 Å². The van der Waals surface area contributed by atoms with Crippen LogP contribution in [-0.4, -0.2) is 15.7 Å². The summed E-state index contributed by atoms with van der Waals surface area (Å²) in [4.78, 5) is 28.3. The number of nitrogens with zero attached hydrogens (tertiary/aromatic N) is 1. The van der Waals surface area contributed by atoms with Gasteiger partial charge >= 0.3 is 4.87 Å². The van der Waals surface area contributed by atoms with Crippen LogP contribution in [0.15, 0.2) is 51.6 Å². The van der Waals surface area contributed by atoms with Crippen LogP contribution in [0, 0.1) is 17.8 Å². The van der Waals surface area contributed by atoms with Crippen LogP contribution in [0.1, 0.15) is 34.9 Å². The summed E-state index contributed by atoms with van der Waals surface area (Å²) in [6.07, 6.45) is 3.94. The van der Waals surface area contributed by atoms with Gasteiger partial charge in [-0.05, 0) is 72.7 Å². The zero-order chi connectivity index (χ0) is 21.1. The molecule has 3 heterocycles. The molecule has 2 aliphatic carbocycles. The van der Waals surface area contributed by atoms with Crippen LogP contribution >= 0.6 is 46.0 Å². The molecule has 1 aromatic carbocycles. The minimum atomic E-state index is -0.187. The normalized spacial score (nSPS) is 28.4. The van der Waals surface area contributed by atoms with Crippen molar-refractivity contribution < 1.29 is 4.79 Å². The maximum atomic E-state index is 13.0. The lowest BCUT2D eigenvalue weighted by atomic mass is 9.77. The first-order chi connectivity index (χ1) is 15.1. The van der Waals surface area contributed by atoms with Gasteiger partial charge in [-0.1, -0.05) is 29.0 Å². The third kappa shape index (κ3) is 3.41. The predicted molar refractivity (Wildman–Crippen MR) is 129 cm³/mol. The Balaban J connectivity index is 1.34. The van der Waals surface area contributed by atoms with Gasteiger partial charge in [0.1, 0.15) is 6.54 Å². The zero-order valence-electron chi connectivity index (χ0n) is 16.6. The van der Waals surface area contributed by atoms with E-state index in [1.54, 1.807) is 40.2 Å². The maximum absolute atomic E-state index is 13.0. The van der Waals surface area contributed by atoms with Gasteiger partial charge in [0, 0.05) is 31.6 Å². The van der Waals surface area contributed by atoms with Gasteiger partial charge in [0.2, 0.25) is 5.91 Å². The van der Waals surface area contributed by atoms with E-state index in [1.807, 2.05) is 11.8 Å². The van der Waals surface area contributed by atoms with Crippen LogP contribution in [0.4, 0.5) is 5.69 Å². The topological polar surface area (TPSA) is 51.1 Å². The van der Waals surface area contributed by atoms with E-state index in [0.29, 0.717) is 27.8 Å². The molecule has 8 heteroatoms. The molecule has 160 valence electrons. The van der Waals surface area contributed by atoms with Gasteiger partial charge in [0.25, 0.3) is 0 Å². The Bertz CT molecular complexity index is 1180. The number of benzene rings is 1. The number of anilines is 1. The Hall–Kier alpha value is -1.54. The van der Waals surface area contributed by atoms with Crippen LogP contribution in [0.3, 0.4) is 0 Å². The summed E-state index contributed by atoms with van der Waals surface area (Å²) in [6, 6.07) is 11.4. The fraction of sp³-hybridized carbons (Fsp3) is 0.391. The second-order valence-corrected chi connectivity index (χ2v) is 12.2. The molecule has 3 aromatic rings. The molecule has 3 aliphatic rings. The van der Waals surface area contributed by atoms with Crippen molar-refractivity contribution in [1.82, 2.24) is 4.57 Å². The number of thiophene rings is 1. The highest BCUT2D eigenvalue weighted by Gasteiger charge is 2.55. The average molecular weight is 489 g/mol. The van der Waals surface area contributed by atoms with Crippen LogP contribution in [-0.2, 0) is 11.3 Å². The van der Waals surface area contributed by atoms with E-state index >= 15 is 0 Å². The van der Waals surface area contributed by atoms with Gasteiger partial charge in [-0.3, -0.25) is 14.2 Å². The Morgan fingerprint density at radius 1 is 1.16 bits per heavy atom. The van der Waals surface area contributed by atoms with Gasteiger partial charge in [-0.25, -0.2) is 0 Å². The van der Waals surface area contributed by atoms with Gasteiger partial charge in [0.15, 0.2) is 0 Å². The zero-order valence-corrected chi connectivity index (χ0v) is 19.8. The first kappa shape index (κ1) is 20.1. The highest BCUT2D eigenvalue weighted by Crippen LogP contribution is 2.64. The molecular weight excluding hydrogens is 468 g/mol. The molecule has 2 fully saturated rings. The predicted octanol–water partition coefficient (Wildman–Crippen LogP) is 5.92. The summed E-state index contributed by atoms with van der Waals surface area (Å²) in [5, 5.41) is 7.23. The average Bonchev–Trinajstić information content (AvgIpc) is 3.54. The number of nitrogens with one attached hydrogen (secondary N) is 1. The first-order valence-electron chi connectivity index (χ1n) is 10.6. The number of carbonyl (C=O) groups is 1. The number of hydrogen-bond donors (Lipinski definition) is 1. The number of hydrogen-bond acceptors (Lipinski definition) is 5. The van der Waals surface area contributed by atoms with Crippen molar-refractivity contribution in [2.24, 2.45) is 17.8 Å². The molecule has 2 aromatic heterocycles. The number of carbonyl (C=O) groups excluding carboxylic acids is 1.